The Kier molecular flexibility index (Phi) is 46.6. The molecule has 0 saturated heterocycles. The fraction of sp³-hybridized carbons (Fsp3) is 0.590. The van der Waals surface area contributed by atoms with E-state index in [4.69, 9.17) is 14.2 Å². The highest BCUT2D eigenvalue weighted by Crippen LogP contribution is 2.13. The van der Waals surface area contributed by atoms with Crippen LogP contribution in [0, 0.1) is 0 Å². The van der Waals surface area contributed by atoms with E-state index in [1.54, 1.807) is 21.1 Å². The molecule has 0 aliphatic carbocycles. The Morgan fingerprint density at radius 2 is 0.783 bits per heavy atom. The molecule has 0 aromatic heterocycles. The molecule has 388 valence electrons. The van der Waals surface area contributed by atoms with E-state index in [1.807, 2.05) is 0 Å². The van der Waals surface area contributed by atoms with Crippen LogP contribution in [0.15, 0.2) is 134 Å². The molecule has 8 heteroatoms. The lowest BCUT2D eigenvalue weighted by Crippen LogP contribution is -2.55. The number of allylic oxidation sites excluding steroid dienone is 22. The van der Waals surface area contributed by atoms with Crippen molar-refractivity contribution in [1.29, 1.82) is 0 Å². The van der Waals surface area contributed by atoms with E-state index in [1.165, 1.54) is 38.5 Å². The number of quaternary nitrogens is 1. The topological polar surface area (TPSA) is 102 Å². The molecule has 0 amide bonds. The summed E-state index contributed by atoms with van der Waals surface area (Å²) in [7, 11) is 5.38. The van der Waals surface area contributed by atoms with Gasteiger partial charge in [-0.3, -0.25) is 9.59 Å². The van der Waals surface area contributed by atoms with Crippen LogP contribution in [0.3, 0.4) is 0 Å². The van der Waals surface area contributed by atoms with Gasteiger partial charge >= 0.3 is 11.9 Å². The van der Waals surface area contributed by atoms with E-state index in [-0.39, 0.29) is 49.1 Å². The van der Waals surface area contributed by atoms with Crippen LogP contribution in [-0.2, 0) is 28.6 Å². The first-order valence-electron chi connectivity index (χ1n) is 26.7. The van der Waals surface area contributed by atoms with Crippen molar-refractivity contribution in [3.63, 3.8) is 0 Å². The standard InChI is InChI=1S/C61H97NO7/c1-6-8-10-12-14-16-18-20-22-24-26-28-30-32-34-36-38-40-42-44-46-48-50-52-60(64)69-57(55-67-54-53-58(61(65)66)62(3,4)5)56-68-59(63)51-49-47-45-43-41-39-37-35-33-31-29-27-25-23-21-19-17-15-13-11-9-7-2/h8-11,14-17,20-23,26-29,32,34,38,40,44,46,57-58H,6-7,12-13,18-19,24-25,30-31,33,35-37,39,41-43,45,47-56H2,1-5H3/b10-8+,11-9+,16-14+,17-15+,22-20+,23-21+,28-26+,29-27+,34-32+,40-38+,46-44+. The van der Waals surface area contributed by atoms with E-state index in [9.17, 15) is 19.5 Å². The van der Waals surface area contributed by atoms with E-state index in [0.29, 0.717) is 12.8 Å². The summed E-state index contributed by atoms with van der Waals surface area (Å²) >= 11 is 0. The lowest BCUT2D eigenvalue weighted by molar-refractivity contribution is -0.889. The first-order valence-corrected chi connectivity index (χ1v) is 26.7. The minimum Gasteiger partial charge on any atom is -0.544 e. The number of rotatable bonds is 46. The van der Waals surface area contributed by atoms with Gasteiger partial charge in [-0.2, -0.15) is 0 Å². The number of ether oxygens (including phenoxy) is 3. The summed E-state index contributed by atoms with van der Waals surface area (Å²) in [4.78, 5) is 37.1. The fourth-order valence-electron chi connectivity index (χ4n) is 6.99. The Bertz CT molecular complexity index is 1580. The highest BCUT2D eigenvalue weighted by molar-refractivity contribution is 5.70. The Labute approximate surface area is 422 Å². The number of hydrogen-bond donors (Lipinski definition) is 0. The van der Waals surface area contributed by atoms with Crippen LogP contribution in [0.4, 0.5) is 0 Å². The molecule has 0 bridgehead atoms. The average Bonchev–Trinajstić information content (AvgIpc) is 3.31. The van der Waals surface area contributed by atoms with Crippen molar-refractivity contribution in [2.24, 2.45) is 0 Å². The number of nitrogens with zero attached hydrogens (tertiary/aromatic N) is 1. The fourth-order valence-corrected chi connectivity index (χ4v) is 6.99. The molecule has 0 aliphatic rings. The lowest BCUT2D eigenvalue weighted by atomic mass is 10.1. The van der Waals surface area contributed by atoms with Gasteiger partial charge in [0.15, 0.2) is 6.10 Å². The highest BCUT2D eigenvalue weighted by Gasteiger charge is 2.25. The lowest BCUT2D eigenvalue weighted by Gasteiger charge is -2.34. The second kappa shape index (κ2) is 49.9. The average molecular weight is 956 g/mol. The van der Waals surface area contributed by atoms with Crippen LogP contribution >= 0.6 is 0 Å². The van der Waals surface area contributed by atoms with Gasteiger partial charge in [0.05, 0.1) is 40.3 Å². The summed E-state index contributed by atoms with van der Waals surface area (Å²) in [6.07, 6.45) is 72.1. The molecule has 0 aromatic rings. The third-order valence-electron chi connectivity index (χ3n) is 11.0. The van der Waals surface area contributed by atoms with Crippen molar-refractivity contribution in [3.8, 4) is 0 Å². The molecule has 0 radical (unpaired) electrons. The molecule has 0 rings (SSSR count). The van der Waals surface area contributed by atoms with Crippen molar-refractivity contribution in [2.45, 2.75) is 193 Å². The number of carboxylic acid groups (broad SMARTS) is 1. The second-order valence-corrected chi connectivity index (χ2v) is 18.3. The number of hydrogen-bond acceptors (Lipinski definition) is 7. The Morgan fingerprint density at radius 1 is 0.435 bits per heavy atom. The second-order valence-electron chi connectivity index (χ2n) is 18.3. The molecule has 0 spiro atoms. The molecule has 0 heterocycles. The molecule has 8 nitrogen and oxygen atoms in total. The zero-order chi connectivity index (χ0) is 50.6. The third-order valence-corrected chi connectivity index (χ3v) is 11.0. The number of carboxylic acids is 1. The Hall–Kier alpha value is -4.53. The van der Waals surface area contributed by atoms with Crippen molar-refractivity contribution in [2.75, 3.05) is 41.0 Å². The molecular weight excluding hydrogens is 859 g/mol. The van der Waals surface area contributed by atoms with Gasteiger partial charge in [-0.15, -0.1) is 0 Å². The van der Waals surface area contributed by atoms with E-state index in [2.05, 4.69) is 148 Å². The summed E-state index contributed by atoms with van der Waals surface area (Å²) in [5.74, 6) is -1.84. The van der Waals surface area contributed by atoms with E-state index < -0.39 is 18.1 Å². The van der Waals surface area contributed by atoms with Crippen molar-refractivity contribution in [1.82, 2.24) is 0 Å². The first kappa shape index (κ1) is 64.5. The van der Waals surface area contributed by atoms with Crippen LogP contribution in [0.25, 0.3) is 0 Å². The SMILES string of the molecule is CC/C=C/C/C=C/C/C=C/C/C=C/C/C=C/C/C=C/C/C=C/CCCC(=O)OC(COCCC(C(=O)[O-])[N+](C)(C)C)COC(=O)CCCCCCCCCCC/C=C/C/C=C/C/C=C/C/C=C/CC. The van der Waals surface area contributed by atoms with Gasteiger partial charge in [0.25, 0.3) is 0 Å². The molecule has 2 unspecified atom stereocenters. The molecule has 0 fully saturated rings. The normalized spacial score (nSPS) is 13.9. The highest BCUT2D eigenvalue weighted by atomic mass is 16.6. The van der Waals surface area contributed by atoms with Crippen LogP contribution in [0.2, 0.25) is 0 Å². The number of carbonyl (C=O) groups is 3. The molecule has 69 heavy (non-hydrogen) atoms. The van der Waals surface area contributed by atoms with E-state index in [0.717, 1.165) is 103 Å². The number of aliphatic carboxylic acids is 1. The summed E-state index contributed by atoms with van der Waals surface area (Å²) in [6.45, 7) is 4.36. The molecule has 0 aliphatic heterocycles. The number of esters is 2. The predicted molar refractivity (Wildman–Crippen MR) is 290 cm³/mol. The van der Waals surface area contributed by atoms with Gasteiger partial charge < -0.3 is 28.6 Å². The number of carbonyl (C=O) groups excluding carboxylic acids is 3. The molecular formula is C61H97NO7. The first-order chi connectivity index (χ1) is 33.6. The maximum absolute atomic E-state index is 12.8. The number of likely N-dealkylation sites (N-methyl/N-ethyl adjacent to an activating group) is 1. The van der Waals surface area contributed by atoms with Crippen molar-refractivity contribution in [3.05, 3.63) is 134 Å². The van der Waals surface area contributed by atoms with Gasteiger partial charge in [0, 0.05) is 19.3 Å². The van der Waals surface area contributed by atoms with Crippen LogP contribution < -0.4 is 5.11 Å². The summed E-state index contributed by atoms with van der Waals surface area (Å²) < 4.78 is 17.2. The zero-order valence-corrected chi connectivity index (χ0v) is 44.2. The predicted octanol–water partition coefficient (Wildman–Crippen LogP) is 14.6. The smallest absolute Gasteiger partial charge is 0.306 e. The van der Waals surface area contributed by atoms with Gasteiger partial charge in [-0.1, -0.05) is 192 Å². The molecule has 2 atom stereocenters. The van der Waals surface area contributed by atoms with Crippen LogP contribution in [0.5, 0.6) is 0 Å². The van der Waals surface area contributed by atoms with Gasteiger partial charge in [-0.05, 0) is 103 Å². The van der Waals surface area contributed by atoms with Crippen molar-refractivity contribution < 1.29 is 38.2 Å². The number of unbranched alkanes of at least 4 members (excludes halogenated alkanes) is 10. The van der Waals surface area contributed by atoms with Crippen molar-refractivity contribution >= 4 is 17.9 Å². The summed E-state index contributed by atoms with van der Waals surface area (Å²) in [5, 5.41) is 11.7. The molecule has 0 aromatic carbocycles. The van der Waals surface area contributed by atoms with Gasteiger partial charge in [0.2, 0.25) is 0 Å². The Morgan fingerprint density at radius 3 is 1.17 bits per heavy atom. The molecule has 0 saturated carbocycles. The monoisotopic (exact) mass is 956 g/mol. The van der Waals surface area contributed by atoms with Gasteiger partial charge in [0.1, 0.15) is 12.6 Å². The minimum atomic E-state index is -1.14. The quantitative estimate of drug-likeness (QED) is 0.0259. The summed E-state index contributed by atoms with van der Waals surface area (Å²) in [6, 6.07) is -0.747. The zero-order valence-electron chi connectivity index (χ0n) is 44.2. The van der Waals surface area contributed by atoms with Gasteiger partial charge in [-0.25, -0.2) is 0 Å². The summed E-state index contributed by atoms with van der Waals surface area (Å²) in [5.41, 5.74) is 0. The minimum absolute atomic E-state index is 0.00617. The maximum Gasteiger partial charge on any atom is 0.306 e. The van der Waals surface area contributed by atoms with Crippen LogP contribution in [0.1, 0.15) is 181 Å². The maximum atomic E-state index is 12.8. The molecule has 0 N–H and O–H groups in total. The van der Waals surface area contributed by atoms with E-state index >= 15 is 0 Å². The third kappa shape index (κ3) is 48.3. The Balaban J connectivity index is 4.37. The van der Waals surface area contributed by atoms with Crippen LogP contribution in [-0.4, -0.2) is 75.5 Å². The largest absolute Gasteiger partial charge is 0.544 e.